The molecule has 2 rings (SSSR count). The maximum absolute atomic E-state index is 12.0. The number of carbonyl (C=O) groups is 1. The molecule has 0 bridgehead atoms. The molecule has 1 amide bonds. The van der Waals surface area contributed by atoms with E-state index in [0.29, 0.717) is 0 Å². The Labute approximate surface area is 108 Å². The van der Waals surface area contributed by atoms with E-state index >= 15 is 0 Å². The Hall–Kier alpha value is -0.420. The van der Waals surface area contributed by atoms with Crippen molar-refractivity contribution in [1.29, 1.82) is 0 Å². The maximum Gasteiger partial charge on any atom is 0.236 e. The number of likely N-dealkylation sites (tertiary alicyclic amines) is 1. The predicted molar refractivity (Wildman–Crippen MR) is 68.9 cm³/mol. The number of alkyl halides is 1. The Kier molecular flexibility index (Phi) is 3.64. The largest absolute Gasteiger partial charge is 0.333 e. The van der Waals surface area contributed by atoms with E-state index < -0.39 is 0 Å². The molecule has 0 spiro atoms. The molecule has 1 aliphatic rings. The smallest absolute Gasteiger partial charge is 0.236 e. The summed E-state index contributed by atoms with van der Waals surface area (Å²) in [5, 5.41) is 3.07. The lowest BCUT2D eigenvalue weighted by molar-refractivity contribution is -0.134. The number of halogens is 1. The van der Waals surface area contributed by atoms with E-state index in [0.717, 1.165) is 30.1 Å². The first kappa shape index (κ1) is 12.0. The summed E-state index contributed by atoms with van der Waals surface area (Å²) >= 11 is 5.07. The number of hydrogen-bond donors (Lipinski definition) is 0. The number of carbonyl (C=O) groups excluding carboxylic acids is 1. The van der Waals surface area contributed by atoms with E-state index in [-0.39, 0.29) is 16.8 Å². The molecule has 0 aliphatic carbocycles. The SMILES string of the molecule is Cc1csc(C(C)N2CCCC(Br)C2=O)n1. The summed E-state index contributed by atoms with van der Waals surface area (Å²) in [4.78, 5) is 18.4. The monoisotopic (exact) mass is 302 g/mol. The van der Waals surface area contributed by atoms with Crippen LogP contribution in [0.15, 0.2) is 5.38 Å². The van der Waals surface area contributed by atoms with Crippen LogP contribution in [0.2, 0.25) is 0 Å². The lowest BCUT2D eigenvalue weighted by Gasteiger charge is -2.33. The molecule has 1 aromatic rings. The fraction of sp³-hybridized carbons (Fsp3) is 0.636. The molecule has 1 saturated heterocycles. The van der Waals surface area contributed by atoms with Crippen molar-refractivity contribution in [3.63, 3.8) is 0 Å². The second-order valence-corrected chi connectivity index (χ2v) is 6.14. The minimum atomic E-state index is -0.00948. The van der Waals surface area contributed by atoms with Crippen LogP contribution in [-0.4, -0.2) is 27.2 Å². The van der Waals surface area contributed by atoms with E-state index in [2.05, 4.69) is 27.8 Å². The highest BCUT2D eigenvalue weighted by atomic mass is 79.9. The van der Waals surface area contributed by atoms with Crippen LogP contribution in [0.4, 0.5) is 0 Å². The predicted octanol–water partition coefficient (Wildman–Crippen LogP) is 2.90. The third-order valence-electron chi connectivity index (χ3n) is 2.87. The molecule has 2 unspecified atom stereocenters. The first-order chi connectivity index (χ1) is 7.59. The highest BCUT2D eigenvalue weighted by Gasteiger charge is 2.31. The van der Waals surface area contributed by atoms with Crippen molar-refractivity contribution in [1.82, 2.24) is 9.88 Å². The van der Waals surface area contributed by atoms with Gasteiger partial charge in [0.25, 0.3) is 0 Å². The summed E-state index contributed by atoms with van der Waals surface area (Å²) in [6, 6.07) is 0.103. The van der Waals surface area contributed by atoms with Gasteiger partial charge in [0.05, 0.1) is 10.9 Å². The van der Waals surface area contributed by atoms with Crippen molar-refractivity contribution in [2.75, 3.05) is 6.54 Å². The van der Waals surface area contributed by atoms with Crippen LogP contribution in [-0.2, 0) is 4.79 Å². The average Bonchev–Trinajstić information content (AvgIpc) is 2.68. The number of rotatable bonds is 2. The molecule has 1 aromatic heterocycles. The molecule has 5 heteroatoms. The molecule has 88 valence electrons. The van der Waals surface area contributed by atoms with Gasteiger partial charge in [-0.15, -0.1) is 11.3 Å². The fourth-order valence-corrected chi connectivity index (χ4v) is 3.39. The summed E-state index contributed by atoms with van der Waals surface area (Å²) < 4.78 is 0. The molecule has 1 aliphatic heterocycles. The number of piperidine rings is 1. The van der Waals surface area contributed by atoms with Gasteiger partial charge in [0.1, 0.15) is 5.01 Å². The molecule has 16 heavy (non-hydrogen) atoms. The minimum absolute atomic E-state index is 0.00948. The van der Waals surface area contributed by atoms with Crippen molar-refractivity contribution in [3.8, 4) is 0 Å². The molecule has 0 aromatic carbocycles. The summed E-state index contributed by atoms with van der Waals surface area (Å²) in [5.41, 5.74) is 1.03. The third-order valence-corrected chi connectivity index (χ3v) is 4.85. The Morgan fingerprint density at radius 2 is 2.44 bits per heavy atom. The van der Waals surface area contributed by atoms with E-state index in [1.165, 1.54) is 0 Å². The summed E-state index contributed by atoms with van der Waals surface area (Å²) in [7, 11) is 0. The highest BCUT2D eigenvalue weighted by molar-refractivity contribution is 9.10. The van der Waals surface area contributed by atoms with E-state index in [4.69, 9.17) is 0 Å². The summed E-state index contributed by atoms with van der Waals surface area (Å²) in [6.45, 7) is 4.89. The second kappa shape index (κ2) is 4.84. The topological polar surface area (TPSA) is 33.2 Å². The lowest BCUT2D eigenvalue weighted by Crippen LogP contribution is -2.43. The molecule has 0 radical (unpaired) electrons. The Morgan fingerprint density at radius 3 is 3.06 bits per heavy atom. The van der Waals surface area contributed by atoms with Gasteiger partial charge < -0.3 is 4.90 Å². The number of aryl methyl sites for hydroxylation is 1. The second-order valence-electron chi connectivity index (χ2n) is 4.14. The maximum atomic E-state index is 12.0. The lowest BCUT2D eigenvalue weighted by atomic mass is 10.1. The van der Waals surface area contributed by atoms with Gasteiger partial charge in [0, 0.05) is 17.6 Å². The molecule has 3 nitrogen and oxygen atoms in total. The molecular weight excluding hydrogens is 288 g/mol. The number of hydrogen-bond acceptors (Lipinski definition) is 3. The molecule has 0 N–H and O–H groups in total. The first-order valence-electron chi connectivity index (χ1n) is 5.46. The molecule has 2 atom stereocenters. The van der Waals surface area contributed by atoms with Gasteiger partial charge in [-0.3, -0.25) is 4.79 Å². The van der Waals surface area contributed by atoms with E-state index in [1.54, 1.807) is 11.3 Å². The zero-order chi connectivity index (χ0) is 11.7. The quantitative estimate of drug-likeness (QED) is 0.787. The van der Waals surface area contributed by atoms with Gasteiger partial charge in [0.15, 0.2) is 0 Å². The van der Waals surface area contributed by atoms with Crippen molar-refractivity contribution < 1.29 is 4.79 Å². The van der Waals surface area contributed by atoms with Gasteiger partial charge in [0.2, 0.25) is 5.91 Å². The Balaban J connectivity index is 2.14. The van der Waals surface area contributed by atoms with Crippen LogP contribution in [0.5, 0.6) is 0 Å². The Bertz CT molecular complexity index is 393. The van der Waals surface area contributed by atoms with Gasteiger partial charge in [-0.2, -0.15) is 0 Å². The molecular formula is C11H15BrN2OS. The molecule has 2 heterocycles. The summed E-state index contributed by atoms with van der Waals surface area (Å²) in [5.74, 6) is 0.201. The van der Waals surface area contributed by atoms with E-state index in [9.17, 15) is 4.79 Å². The van der Waals surface area contributed by atoms with Crippen LogP contribution in [0.1, 0.15) is 36.5 Å². The minimum Gasteiger partial charge on any atom is -0.333 e. The van der Waals surface area contributed by atoms with Crippen LogP contribution in [0.3, 0.4) is 0 Å². The van der Waals surface area contributed by atoms with Crippen LogP contribution < -0.4 is 0 Å². The van der Waals surface area contributed by atoms with Crippen molar-refractivity contribution in [3.05, 3.63) is 16.1 Å². The van der Waals surface area contributed by atoms with Crippen LogP contribution in [0.25, 0.3) is 0 Å². The Morgan fingerprint density at radius 1 is 1.69 bits per heavy atom. The van der Waals surface area contributed by atoms with Gasteiger partial charge in [-0.05, 0) is 26.7 Å². The normalized spacial score (nSPS) is 23.6. The van der Waals surface area contributed by atoms with Crippen molar-refractivity contribution in [2.24, 2.45) is 0 Å². The number of nitrogens with zero attached hydrogens (tertiary/aromatic N) is 2. The zero-order valence-electron chi connectivity index (χ0n) is 9.44. The van der Waals surface area contributed by atoms with Gasteiger partial charge in [-0.1, -0.05) is 15.9 Å². The highest BCUT2D eigenvalue weighted by Crippen LogP contribution is 2.29. The van der Waals surface area contributed by atoms with Gasteiger partial charge >= 0.3 is 0 Å². The standard InChI is InChI=1S/C11H15BrN2OS/c1-7-6-16-10(13-7)8(2)14-5-3-4-9(12)11(14)15/h6,8-9H,3-5H2,1-2H3. The fourth-order valence-electron chi connectivity index (χ4n) is 1.94. The van der Waals surface area contributed by atoms with E-state index in [1.807, 2.05) is 17.2 Å². The number of aromatic nitrogens is 1. The summed E-state index contributed by atoms with van der Waals surface area (Å²) in [6.07, 6.45) is 2.01. The third kappa shape index (κ3) is 2.30. The molecule has 1 fully saturated rings. The average molecular weight is 303 g/mol. The van der Waals surface area contributed by atoms with Crippen LogP contribution in [0, 0.1) is 6.92 Å². The van der Waals surface area contributed by atoms with Crippen molar-refractivity contribution in [2.45, 2.75) is 37.6 Å². The van der Waals surface area contributed by atoms with Crippen molar-refractivity contribution >= 4 is 33.2 Å². The van der Waals surface area contributed by atoms with Crippen LogP contribution >= 0.6 is 27.3 Å². The number of amides is 1. The zero-order valence-corrected chi connectivity index (χ0v) is 11.8. The number of thiazole rings is 1. The van der Waals surface area contributed by atoms with Gasteiger partial charge in [-0.25, -0.2) is 4.98 Å². The molecule has 0 saturated carbocycles. The first-order valence-corrected chi connectivity index (χ1v) is 7.25.